The molecule has 190 valence electrons. The fourth-order valence-electron chi connectivity index (χ4n) is 5.17. The van der Waals surface area contributed by atoms with Gasteiger partial charge in [0.15, 0.2) is 5.69 Å². The number of hydrazone groups is 1. The molecule has 1 aromatic carbocycles. The van der Waals surface area contributed by atoms with Crippen LogP contribution < -0.4 is 11.2 Å². The molecule has 11 heteroatoms. The second-order valence-electron chi connectivity index (χ2n) is 9.80. The van der Waals surface area contributed by atoms with Crippen molar-refractivity contribution in [2.75, 3.05) is 18.8 Å². The minimum absolute atomic E-state index is 0.0880. The van der Waals surface area contributed by atoms with Gasteiger partial charge in [0.2, 0.25) is 11.6 Å². The molecule has 0 bridgehead atoms. The van der Waals surface area contributed by atoms with Crippen LogP contribution >= 0.6 is 0 Å². The number of nitrogens with one attached hydrogen (secondary N) is 1. The highest BCUT2D eigenvalue weighted by atomic mass is 16.6. The smallest absolute Gasteiger partial charge is 0.293 e. The van der Waals surface area contributed by atoms with Crippen molar-refractivity contribution < 1.29 is 9.42 Å². The van der Waals surface area contributed by atoms with E-state index in [4.69, 9.17) is 10.4 Å². The van der Waals surface area contributed by atoms with Gasteiger partial charge in [0, 0.05) is 12.8 Å². The van der Waals surface area contributed by atoms with Crippen LogP contribution in [0.3, 0.4) is 0 Å². The summed E-state index contributed by atoms with van der Waals surface area (Å²) in [6, 6.07) is 10.6. The molecule has 3 aromatic rings. The summed E-state index contributed by atoms with van der Waals surface area (Å²) in [6.07, 6.45) is 11.0. The molecular formula is C25H33N9O2. The lowest BCUT2D eigenvalue weighted by molar-refractivity contribution is 0.0946. The number of piperidine rings is 1. The minimum Gasteiger partial charge on any atom is -0.378 e. The van der Waals surface area contributed by atoms with E-state index in [0.29, 0.717) is 24.1 Å². The Morgan fingerprint density at radius 2 is 1.89 bits per heavy atom. The molecule has 36 heavy (non-hydrogen) atoms. The van der Waals surface area contributed by atoms with Gasteiger partial charge in [0.05, 0.1) is 5.69 Å². The van der Waals surface area contributed by atoms with E-state index in [1.807, 2.05) is 6.21 Å². The summed E-state index contributed by atoms with van der Waals surface area (Å²) in [7, 11) is 0. The van der Waals surface area contributed by atoms with Crippen LogP contribution in [0.2, 0.25) is 0 Å². The van der Waals surface area contributed by atoms with Gasteiger partial charge in [-0.25, -0.2) is 10.1 Å². The van der Waals surface area contributed by atoms with Gasteiger partial charge in [-0.05, 0) is 72.9 Å². The lowest BCUT2D eigenvalue weighted by Crippen LogP contribution is -2.35. The maximum absolute atomic E-state index is 13.0. The summed E-state index contributed by atoms with van der Waals surface area (Å²) >= 11 is 0. The first-order chi connectivity index (χ1) is 17.7. The molecule has 0 atom stereocenters. The monoisotopic (exact) mass is 491 g/mol. The standard InChI is InChI=1S/C25H33N9O2/c26-23-24(31-36-30-23)34-21(17-33-13-11-19(12-14-33)15-18-7-3-1-4-8-18)22(28-32-34)25(35)29-27-16-20-9-5-2-6-10-20/h1,3-4,7-8,16,19-20H,2,5-6,9-15,17H2,(H2,26,30)(H,29,35). The number of aromatic nitrogens is 5. The zero-order valence-corrected chi connectivity index (χ0v) is 20.4. The van der Waals surface area contributed by atoms with Gasteiger partial charge in [-0.15, -0.1) is 5.10 Å². The Hall–Kier alpha value is -3.60. The van der Waals surface area contributed by atoms with Crippen LogP contribution in [0.5, 0.6) is 0 Å². The second-order valence-corrected chi connectivity index (χ2v) is 9.80. The molecule has 11 nitrogen and oxygen atoms in total. The fourth-order valence-corrected chi connectivity index (χ4v) is 5.17. The third-order valence-corrected chi connectivity index (χ3v) is 7.22. The molecule has 1 saturated heterocycles. The average Bonchev–Trinajstić information content (AvgIpc) is 3.52. The SMILES string of the molecule is Nc1nonc1-n1nnc(C(=O)NN=CC2CCCCC2)c1CN1CCC(Cc2ccccc2)CC1. The van der Waals surface area contributed by atoms with E-state index < -0.39 is 5.91 Å². The first kappa shape index (κ1) is 24.1. The van der Waals surface area contributed by atoms with Gasteiger partial charge in [0.25, 0.3) is 5.91 Å². The molecule has 0 spiro atoms. The fraction of sp³-hybridized carbons (Fsp3) is 0.520. The predicted molar refractivity (Wildman–Crippen MR) is 134 cm³/mol. The third kappa shape index (κ3) is 5.78. The summed E-state index contributed by atoms with van der Waals surface area (Å²) in [5.74, 6) is 0.954. The highest BCUT2D eigenvalue weighted by Gasteiger charge is 2.27. The van der Waals surface area contributed by atoms with Crippen LogP contribution in [-0.4, -0.2) is 55.4 Å². The van der Waals surface area contributed by atoms with Crippen molar-refractivity contribution in [2.45, 2.75) is 57.9 Å². The number of hydrogen-bond donors (Lipinski definition) is 2. The van der Waals surface area contributed by atoms with E-state index in [1.165, 1.54) is 29.5 Å². The van der Waals surface area contributed by atoms with Crippen LogP contribution in [0.1, 0.15) is 66.7 Å². The Labute approximate surface area is 210 Å². The Kier molecular flexibility index (Phi) is 7.65. The quantitative estimate of drug-likeness (QED) is 0.362. The number of hydrogen-bond acceptors (Lipinski definition) is 9. The number of carbonyl (C=O) groups excluding carboxylic acids is 1. The van der Waals surface area contributed by atoms with Crippen molar-refractivity contribution in [3.05, 3.63) is 47.3 Å². The lowest BCUT2D eigenvalue weighted by Gasteiger charge is -2.32. The van der Waals surface area contributed by atoms with E-state index >= 15 is 0 Å². The maximum Gasteiger partial charge on any atom is 0.293 e. The lowest BCUT2D eigenvalue weighted by atomic mass is 9.90. The van der Waals surface area contributed by atoms with Crippen molar-refractivity contribution >= 4 is 17.9 Å². The molecule has 0 radical (unpaired) electrons. The van der Waals surface area contributed by atoms with Gasteiger partial charge in [-0.1, -0.05) is 54.8 Å². The number of likely N-dealkylation sites (tertiary alicyclic amines) is 1. The Morgan fingerprint density at radius 3 is 2.61 bits per heavy atom. The maximum atomic E-state index is 13.0. The molecule has 1 saturated carbocycles. The Balaban J connectivity index is 1.27. The van der Waals surface area contributed by atoms with E-state index in [-0.39, 0.29) is 17.3 Å². The number of nitrogens with zero attached hydrogens (tertiary/aromatic N) is 7. The Morgan fingerprint density at radius 1 is 1.11 bits per heavy atom. The van der Waals surface area contributed by atoms with Crippen LogP contribution in [0.15, 0.2) is 40.1 Å². The van der Waals surface area contributed by atoms with E-state index in [0.717, 1.165) is 45.2 Å². The second kappa shape index (κ2) is 11.4. The predicted octanol–water partition coefficient (Wildman–Crippen LogP) is 2.98. The first-order valence-electron chi connectivity index (χ1n) is 12.8. The topological polar surface area (TPSA) is 140 Å². The number of nitrogen functional groups attached to an aromatic ring is 1. The van der Waals surface area contributed by atoms with Crippen molar-refractivity contribution in [1.82, 2.24) is 35.6 Å². The average molecular weight is 492 g/mol. The van der Waals surface area contributed by atoms with E-state index in [9.17, 15) is 4.79 Å². The highest BCUT2D eigenvalue weighted by molar-refractivity contribution is 5.93. The van der Waals surface area contributed by atoms with Gasteiger partial charge in [-0.3, -0.25) is 9.69 Å². The minimum atomic E-state index is -0.405. The molecule has 1 aliphatic heterocycles. The molecule has 5 rings (SSSR count). The number of anilines is 1. The van der Waals surface area contributed by atoms with Gasteiger partial charge >= 0.3 is 0 Å². The molecular weight excluding hydrogens is 458 g/mol. The van der Waals surface area contributed by atoms with Crippen LogP contribution in [-0.2, 0) is 13.0 Å². The van der Waals surface area contributed by atoms with Crippen molar-refractivity contribution in [3.8, 4) is 5.82 Å². The van der Waals surface area contributed by atoms with Crippen LogP contribution in [0.25, 0.3) is 5.82 Å². The number of rotatable bonds is 8. The summed E-state index contributed by atoms with van der Waals surface area (Å²) in [5, 5.41) is 20.0. The number of carbonyl (C=O) groups is 1. The largest absolute Gasteiger partial charge is 0.378 e. The molecule has 1 amide bonds. The molecule has 2 fully saturated rings. The van der Waals surface area contributed by atoms with Gasteiger partial charge in [-0.2, -0.15) is 9.78 Å². The summed E-state index contributed by atoms with van der Waals surface area (Å²) in [4.78, 5) is 15.3. The van der Waals surface area contributed by atoms with E-state index in [1.54, 1.807) is 0 Å². The van der Waals surface area contributed by atoms with Crippen molar-refractivity contribution in [1.29, 1.82) is 0 Å². The molecule has 0 unspecified atom stereocenters. The molecule has 3 N–H and O–H groups in total. The van der Waals surface area contributed by atoms with Crippen LogP contribution in [0.4, 0.5) is 5.82 Å². The molecule has 2 aromatic heterocycles. The number of amides is 1. The molecule has 3 heterocycles. The summed E-state index contributed by atoms with van der Waals surface area (Å²) in [6.45, 7) is 2.30. The summed E-state index contributed by atoms with van der Waals surface area (Å²) in [5.41, 5.74) is 10.7. The summed E-state index contributed by atoms with van der Waals surface area (Å²) < 4.78 is 6.21. The Bertz CT molecular complexity index is 1160. The zero-order valence-electron chi connectivity index (χ0n) is 20.4. The van der Waals surface area contributed by atoms with E-state index in [2.05, 4.69) is 66.4 Å². The normalized spacial score (nSPS) is 18.1. The van der Waals surface area contributed by atoms with Crippen molar-refractivity contribution in [3.63, 3.8) is 0 Å². The molecule has 1 aliphatic carbocycles. The highest BCUT2D eigenvalue weighted by Crippen LogP contribution is 2.25. The molecule has 2 aliphatic rings. The zero-order chi connectivity index (χ0) is 24.7. The van der Waals surface area contributed by atoms with Crippen LogP contribution in [0, 0.1) is 11.8 Å². The van der Waals surface area contributed by atoms with Gasteiger partial charge in [0.1, 0.15) is 0 Å². The first-order valence-corrected chi connectivity index (χ1v) is 12.8. The number of benzene rings is 1. The third-order valence-electron chi connectivity index (χ3n) is 7.22. The van der Waals surface area contributed by atoms with Gasteiger partial charge < -0.3 is 5.73 Å². The number of nitrogens with two attached hydrogens (primary N) is 1. The van der Waals surface area contributed by atoms with Crippen molar-refractivity contribution in [2.24, 2.45) is 16.9 Å².